The Morgan fingerprint density at radius 2 is 0.963 bits per heavy atom. The molecule has 2 aromatic carbocycles. The lowest BCUT2D eigenvalue weighted by atomic mass is 10.1. The fourth-order valence-electron chi connectivity index (χ4n) is 10.5. The monoisotopic (exact) mass is 1100 g/mol. The molecule has 2 atom stereocenters. The number of H-pyrrole nitrogens is 2. The molecule has 24 nitrogen and oxygen atoms in total. The molecule has 0 saturated carbocycles. The van der Waals surface area contributed by atoms with Crippen molar-refractivity contribution in [2.75, 3.05) is 85.2 Å². The lowest BCUT2D eigenvalue weighted by Crippen LogP contribution is -2.49. The van der Waals surface area contributed by atoms with Crippen LogP contribution in [0, 0.1) is 36.5 Å². The summed E-state index contributed by atoms with van der Waals surface area (Å²) >= 11 is 0. The van der Waals surface area contributed by atoms with Crippen LogP contribution in [0.25, 0.3) is 0 Å². The van der Waals surface area contributed by atoms with E-state index in [0.29, 0.717) is 87.7 Å². The number of pyridine rings is 2. The van der Waals surface area contributed by atoms with Gasteiger partial charge in [0.25, 0.3) is 22.9 Å². The fraction of sp³-hybridized carbons (Fsp3) is 0.276. The summed E-state index contributed by atoms with van der Waals surface area (Å²) in [6.07, 6.45) is 9.47. The zero-order valence-electron chi connectivity index (χ0n) is 44.8. The van der Waals surface area contributed by atoms with Crippen LogP contribution < -0.4 is 40.2 Å². The number of nitriles is 2. The van der Waals surface area contributed by atoms with Gasteiger partial charge in [-0.25, -0.2) is 30.1 Å². The molecule has 4 aliphatic heterocycles. The van der Waals surface area contributed by atoms with Crippen molar-refractivity contribution in [1.29, 1.82) is 10.5 Å². The summed E-state index contributed by atoms with van der Waals surface area (Å²) in [6.45, 7) is 9.73. The number of benzene rings is 2. The van der Waals surface area contributed by atoms with Gasteiger partial charge < -0.3 is 38.9 Å². The Morgan fingerprint density at radius 3 is 1.35 bits per heavy atom. The Morgan fingerprint density at radius 1 is 0.549 bits per heavy atom. The van der Waals surface area contributed by atoms with E-state index < -0.39 is 0 Å². The highest BCUT2D eigenvalue weighted by molar-refractivity contribution is 5.93. The molecule has 0 bridgehead atoms. The van der Waals surface area contributed by atoms with Crippen LogP contribution in [-0.4, -0.2) is 137 Å². The van der Waals surface area contributed by atoms with E-state index >= 15 is 0 Å². The molecule has 24 heteroatoms. The second kappa shape index (κ2) is 23.8. The van der Waals surface area contributed by atoms with E-state index in [1.54, 1.807) is 72.7 Å². The standard InChI is InChI=1S/2C29H27N9O3/c2*1-19-24(16-33-35-27(19)39)38-17-21-4-2-3-5-22(21)25(38)18-41-29-31-9-8-23(34-29)28(40)37-12-10-36(11-13-37)26-7-6-20(14-30)15-32-26/h2*2-9,15-16,25H,10-13,17-18H2,1H3,(H,35,39)/t2*25-/m10/s1. The Hall–Kier alpha value is -10.6. The predicted octanol–water partition coefficient (Wildman–Crippen LogP) is 4.48. The maximum atomic E-state index is 13.3. The quantitative estimate of drug-likeness (QED) is 0.171. The number of aromatic amines is 2. The van der Waals surface area contributed by atoms with Gasteiger partial charge in [-0.3, -0.25) is 19.2 Å². The van der Waals surface area contributed by atoms with Crippen molar-refractivity contribution in [2.45, 2.75) is 39.0 Å². The first kappa shape index (κ1) is 53.4. The van der Waals surface area contributed by atoms with Crippen molar-refractivity contribution in [1.82, 2.24) is 60.1 Å². The van der Waals surface area contributed by atoms with Crippen LogP contribution in [0.15, 0.2) is 132 Å². The number of nitrogens with one attached hydrogen (secondary N) is 2. The summed E-state index contributed by atoms with van der Waals surface area (Å²) < 4.78 is 12.1. The first-order chi connectivity index (χ1) is 40.0. The molecule has 0 unspecified atom stereocenters. The number of piperazine rings is 2. The Bertz CT molecular complexity index is 3600. The molecule has 2 saturated heterocycles. The van der Waals surface area contributed by atoms with E-state index in [1.165, 1.54) is 12.4 Å². The zero-order chi connectivity index (χ0) is 56.7. The molecule has 0 spiro atoms. The second-order valence-electron chi connectivity index (χ2n) is 19.8. The van der Waals surface area contributed by atoms with Gasteiger partial charge in [-0.15, -0.1) is 0 Å². The second-order valence-corrected chi connectivity index (χ2v) is 19.8. The number of anilines is 4. The van der Waals surface area contributed by atoms with Gasteiger partial charge in [0.05, 0.1) is 47.0 Å². The summed E-state index contributed by atoms with van der Waals surface area (Å²) in [4.78, 5) is 89.0. The van der Waals surface area contributed by atoms with Crippen molar-refractivity contribution in [3.63, 3.8) is 0 Å². The normalized spacial score (nSPS) is 16.3. The van der Waals surface area contributed by atoms with Crippen LogP contribution in [-0.2, 0) is 13.1 Å². The summed E-state index contributed by atoms with van der Waals surface area (Å²) in [7, 11) is 0. The maximum absolute atomic E-state index is 13.3. The maximum Gasteiger partial charge on any atom is 0.317 e. The van der Waals surface area contributed by atoms with Crippen LogP contribution in [0.4, 0.5) is 23.0 Å². The molecule has 2 amide bonds. The number of ether oxygens (including phenoxy) is 2. The first-order valence-corrected chi connectivity index (χ1v) is 26.5. The molecule has 12 rings (SSSR count). The summed E-state index contributed by atoms with van der Waals surface area (Å²) in [5.41, 5.74) is 8.17. The molecule has 0 radical (unpaired) electrons. The van der Waals surface area contributed by atoms with Crippen LogP contribution in [0.2, 0.25) is 0 Å². The molecule has 0 aliphatic carbocycles. The topological polar surface area (TPSA) is 288 Å². The number of amides is 2. The number of aromatic nitrogens is 10. The third-order valence-corrected chi connectivity index (χ3v) is 15.0. The highest BCUT2D eigenvalue weighted by Crippen LogP contribution is 2.39. The number of rotatable bonds is 12. The van der Waals surface area contributed by atoms with Gasteiger partial charge in [-0.05, 0) is 72.5 Å². The predicted molar refractivity (Wildman–Crippen MR) is 299 cm³/mol. The van der Waals surface area contributed by atoms with Gasteiger partial charge in [0.15, 0.2) is 0 Å². The number of fused-ring (bicyclic) bond motifs is 2. The summed E-state index contributed by atoms with van der Waals surface area (Å²) in [5, 5.41) is 30.9. The lowest BCUT2D eigenvalue weighted by Gasteiger charge is -2.35. The van der Waals surface area contributed by atoms with Gasteiger partial charge in [0.2, 0.25) is 0 Å². The molecular weight excluding hydrogens is 1040 g/mol. The van der Waals surface area contributed by atoms with Gasteiger partial charge in [0, 0.05) is 101 Å². The fourth-order valence-corrected chi connectivity index (χ4v) is 10.5. The Kier molecular flexibility index (Phi) is 15.5. The number of hydrogen-bond acceptors (Lipinski definition) is 20. The van der Waals surface area contributed by atoms with Gasteiger partial charge >= 0.3 is 12.0 Å². The van der Waals surface area contributed by atoms with Crippen molar-refractivity contribution in [2.24, 2.45) is 0 Å². The van der Waals surface area contributed by atoms with Gasteiger partial charge in [-0.1, -0.05) is 48.5 Å². The van der Waals surface area contributed by atoms with Crippen molar-refractivity contribution in [3.05, 3.63) is 199 Å². The lowest BCUT2D eigenvalue weighted by molar-refractivity contribution is 0.0731. The van der Waals surface area contributed by atoms with Crippen LogP contribution >= 0.6 is 0 Å². The number of carbonyl (C=O) groups is 2. The van der Waals surface area contributed by atoms with E-state index in [0.717, 1.165) is 45.3 Å². The zero-order valence-corrected chi connectivity index (χ0v) is 44.8. The average Bonchev–Trinajstić information content (AvgIpc) is 4.04. The van der Waals surface area contributed by atoms with Crippen molar-refractivity contribution < 1.29 is 19.1 Å². The smallest absolute Gasteiger partial charge is 0.317 e. The van der Waals surface area contributed by atoms with E-state index in [2.05, 4.69) is 94.2 Å². The minimum absolute atomic E-state index is 0.112. The highest BCUT2D eigenvalue weighted by atomic mass is 16.5. The van der Waals surface area contributed by atoms with Crippen LogP contribution in [0.5, 0.6) is 12.0 Å². The SMILES string of the molecule is Cc1c(N2Cc3ccccc3[C@@H]2COc2nccc(C(=O)N3CCN(c4ccc(C#N)cn4)CC3)n2)cn[nH]c1=O.Cc1c(N2Cc3ccccc3[C@H]2COc2nccc(C(=O)N3CCN(c4ccc(C#N)cn4)CC3)n2)cn[nH]c1=O. The molecular formula is C58H54N18O6. The largest absolute Gasteiger partial charge is 0.461 e. The van der Waals surface area contributed by atoms with E-state index in [4.69, 9.17) is 20.0 Å². The van der Waals surface area contributed by atoms with Gasteiger partial charge in [0.1, 0.15) is 48.4 Å². The minimum atomic E-state index is -0.235. The highest BCUT2D eigenvalue weighted by Gasteiger charge is 2.35. The molecule has 82 heavy (non-hydrogen) atoms. The number of nitrogens with zero attached hydrogens (tertiary/aromatic N) is 16. The molecule has 4 aliphatic rings. The molecule has 8 aromatic rings. The third-order valence-electron chi connectivity index (χ3n) is 15.0. The molecule has 412 valence electrons. The number of carbonyl (C=O) groups excluding carboxylic acids is 2. The number of hydrogen-bond donors (Lipinski definition) is 2. The van der Waals surface area contributed by atoms with Crippen LogP contribution in [0.3, 0.4) is 0 Å². The van der Waals surface area contributed by atoms with Crippen molar-refractivity contribution >= 4 is 34.8 Å². The Labute approximate surface area is 469 Å². The minimum Gasteiger partial charge on any atom is -0.461 e. The Balaban J connectivity index is 0.000000172. The summed E-state index contributed by atoms with van der Waals surface area (Å²) in [5.74, 6) is 1.18. The van der Waals surface area contributed by atoms with E-state index in [-0.39, 0.29) is 71.6 Å². The average molecular weight is 1100 g/mol. The molecule has 10 heterocycles. The van der Waals surface area contributed by atoms with Gasteiger partial charge in [-0.2, -0.15) is 30.7 Å². The molecule has 2 N–H and O–H groups in total. The third kappa shape index (κ3) is 11.3. The molecule has 2 fully saturated rings. The van der Waals surface area contributed by atoms with Crippen molar-refractivity contribution in [3.8, 4) is 24.2 Å². The van der Waals surface area contributed by atoms with Crippen LogP contribution in [0.1, 0.15) is 77.6 Å². The molecule has 6 aromatic heterocycles. The van der Waals surface area contributed by atoms with E-state index in [9.17, 15) is 19.2 Å². The summed E-state index contributed by atoms with van der Waals surface area (Å²) in [6, 6.07) is 30.4. The first-order valence-electron chi connectivity index (χ1n) is 26.5. The van der Waals surface area contributed by atoms with E-state index in [1.807, 2.05) is 48.5 Å².